The molecule has 1 N–H and O–H groups in total. The lowest BCUT2D eigenvalue weighted by atomic mass is 9.97. The third-order valence-corrected chi connectivity index (χ3v) is 7.60. The summed E-state index contributed by atoms with van der Waals surface area (Å²) in [5, 5.41) is 12.0. The number of hydrogen-bond donors (Lipinski definition) is 1. The third kappa shape index (κ3) is 6.60. The molecule has 4 aromatic rings. The smallest absolute Gasteiger partial charge is 0.247 e. The van der Waals surface area contributed by atoms with E-state index in [4.69, 9.17) is 25.8 Å². The van der Waals surface area contributed by atoms with Crippen LogP contribution in [-0.4, -0.2) is 58.6 Å². The minimum Gasteiger partial charge on any atom is -0.493 e. The number of para-hydroxylation sites is 1. The molecule has 10 nitrogen and oxygen atoms in total. The van der Waals surface area contributed by atoms with Gasteiger partial charge in [-0.05, 0) is 61.7 Å². The van der Waals surface area contributed by atoms with Crippen molar-refractivity contribution in [2.45, 2.75) is 51.9 Å². The maximum absolute atomic E-state index is 14.3. The number of halogens is 1. The minimum absolute atomic E-state index is 0.0481. The number of nitrogens with one attached hydrogen (secondary N) is 1. The Hall–Kier alpha value is -4.31. The van der Waals surface area contributed by atoms with E-state index >= 15 is 0 Å². The van der Waals surface area contributed by atoms with Crippen LogP contribution in [0.3, 0.4) is 0 Å². The van der Waals surface area contributed by atoms with E-state index < -0.39 is 11.6 Å². The molecule has 222 valence electrons. The van der Waals surface area contributed by atoms with Crippen LogP contribution in [0.1, 0.15) is 44.4 Å². The second-order valence-corrected chi connectivity index (χ2v) is 10.8. The minimum atomic E-state index is -1.09. The zero-order valence-corrected chi connectivity index (χ0v) is 25.4. The van der Waals surface area contributed by atoms with Gasteiger partial charge in [0.1, 0.15) is 18.1 Å². The van der Waals surface area contributed by atoms with E-state index in [9.17, 15) is 9.59 Å². The zero-order chi connectivity index (χ0) is 30.4. The maximum atomic E-state index is 14.3. The van der Waals surface area contributed by atoms with Gasteiger partial charge in [-0.2, -0.15) is 0 Å². The van der Waals surface area contributed by atoms with Crippen molar-refractivity contribution < 1.29 is 23.8 Å². The van der Waals surface area contributed by atoms with Crippen molar-refractivity contribution in [3.8, 4) is 17.2 Å². The standard InChI is InChI=1S/C31H36ClN5O5/c1-7-31(2,3)33-30(39)28(21-16-25(40-4)29(42-6)26(17-21)41-5)36(18-20-12-8-9-13-22(20)32)27(38)19-37-24-15-11-10-14-23(24)34-35-37/h8-17,28H,7,18-19H2,1-6H3,(H,33,39)/t28-/m0/s1. The Kier molecular flexibility index (Phi) is 9.57. The van der Waals surface area contributed by atoms with Crippen molar-refractivity contribution in [1.29, 1.82) is 0 Å². The first kappa shape index (κ1) is 30.6. The fraction of sp³-hybridized carbons (Fsp3) is 0.355. The number of nitrogens with zero attached hydrogens (tertiary/aromatic N) is 4. The second-order valence-electron chi connectivity index (χ2n) is 10.4. The van der Waals surface area contributed by atoms with Crippen molar-refractivity contribution >= 4 is 34.4 Å². The van der Waals surface area contributed by atoms with E-state index in [2.05, 4.69) is 15.6 Å². The average Bonchev–Trinajstić information content (AvgIpc) is 3.39. The first-order valence-electron chi connectivity index (χ1n) is 13.6. The molecule has 0 aliphatic rings. The van der Waals surface area contributed by atoms with Gasteiger partial charge in [0, 0.05) is 17.1 Å². The summed E-state index contributed by atoms with van der Waals surface area (Å²) < 4.78 is 18.2. The Morgan fingerprint density at radius 2 is 1.64 bits per heavy atom. The fourth-order valence-corrected chi connectivity index (χ4v) is 4.80. The molecule has 42 heavy (non-hydrogen) atoms. The molecule has 0 radical (unpaired) electrons. The summed E-state index contributed by atoms with van der Waals surface area (Å²) in [5.74, 6) is 0.335. The lowest BCUT2D eigenvalue weighted by molar-refractivity contribution is -0.143. The number of ether oxygens (including phenoxy) is 3. The van der Waals surface area contributed by atoms with Crippen molar-refractivity contribution in [3.63, 3.8) is 0 Å². The number of methoxy groups -OCH3 is 3. The normalized spacial score (nSPS) is 12.1. The summed E-state index contributed by atoms with van der Waals surface area (Å²) >= 11 is 6.57. The summed E-state index contributed by atoms with van der Waals surface area (Å²) in [6, 6.07) is 16.9. The highest BCUT2D eigenvalue weighted by atomic mass is 35.5. The lowest BCUT2D eigenvalue weighted by Crippen LogP contribution is -2.50. The number of fused-ring (bicyclic) bond motifs is 1. The molecule has 0 spiro atoms. The van der Waals surface area contributed by atoms with E-state index in [1.54, 1.807) is 18.2 Å². The Morgan fingerprint density at radius 1 is 1.00 bits per heavy atom. The summed E-state index contributed by atoms with van der Waals surface area (Å²) in [7, 11) is 4.50. The number of aromatic nitrogens is 3. The monoisotopic (exact) mass is 593 g/mol. The first-order valence-corrected chi connectivity index (χ1v) is 13.9. The van der Waals surface area contributed by atoms with Gasteiger partial charge < -0.3 is 24.4 Å². The summed E-state index contributed by atoms with van der Waals surface area (Å²) in [5.41, 5.74) is 1.96. The Morgan fingerprint density at radius 3 is 2.26 bits per heavy atom. The molecular weight excluding hydrogens is 558 g/mol. The van der Waals surface area contributed by atoms with Crippen LogP contribution in [0.15, 0.2) is 60.7 Å². The first-order chi connectivity index (χ1) is 20.1. The highest BCUT2D eigenvalue weighted by Crippen LogP contribution is 2.41. The molecule has 0 aliphatic carbocycles. The van der Waals surface area contributed by atoms with Gasteiger partial charge in [-0.15, -0.1) is 5.10 Å². The molecule has 0 fully saturated rings. The molecule has 1 atom stereocenters. The number of carbonyl (C=O) groups excluding carboxylic acids is 2. The van der Waals surface area contributed by atoms with Crippen molar-refractivity contribution in [3.05, 3.63) is 76.8 Å². The summed E-state index contributed by atoms with van der Waals surface area (Å²) in [6.07, 6.45) is 0.671. The van der Waals surface area contributed by atoms with Gasteiger partial charge in [0.05, 0.1) is 26.8 Å². The highest BCUT2D eigenvalue weighted by Gasteiger charge is 2.36. The van der Waals surface area contributed by atoms with Gasteiger partial charge in [0.15, 0.2) is 11.5 Å². The number of benzene rings is 3. The second kappa shape index (κ2) is 13.1. The molecule has 3 aromatic carbocycles. The van der Waals surface area contributed by atoms with Crippen molar-refractivity contribution in [1.82, 2.24) is 25.2 Å². The van der Waals surface area contributed by atoms with Gasteiger partial charge in [-0.1, -0.05) is 54.1 Å². The molecule has 1 aromatic heterocycles. The largest absolute Gasteiger partial charge is 0.493 e. The van der Waals surface area contributed by atoms with Gasteiger partial charge in [0.2, 0.25) is 17.6 Å². The summed E-state index contributed by atoms with van der Waals surface area (Å²) in [4.78, 5) is 30.0. The van der Waals surface area contributed by atoms with Crippen molar-refractivity contribution in [2.24, 2.45) is 0 Å². The van der Waals surface area contributed by atoms with E-state index in [0.717, 1.165) is 0 Å². The number of carbonyl (C=O) groups is 2. The maximum Gasteiger partial charge on any atom is 0.247 e. The molecule has 0 saturated carbocycles. The molecule has 0 saturated heterocycles. The Bertz CT molecular complexity index is 1550. The third-order valence-electron chi connectivity index (χ3n) is 7.23. The molecule has 2 amide bonds. The molecule has 0 unspecified atom stereocenters. The summed E-state index contributed by atoms with van der Waals surface area (Å²) in [6.45, 7) is 5.73. The van der Waals surface area contributed by atoms with Crippen molar-refractivity contribution in [2.75, 3.05) is 21.3 Å². The fourth-order valence-electron chi connectivity index (χ4n) is 4.61. The van der Waals surface area contributed by atoms with Crippen LogP contribution in [-0.2, 0) is 22.7 Å². The SMILES string of the molecule is CCC(C)(C)NC(=O)[C@H](c1cc(OC)c(OC)c(OC)c1)N(Cc1ccccc1Cl)C(=O)Cn1nnc2ccccc21. The van der Waals surface area contributed by atoms with Crippen LogP contribution in [0.2, 0.25) is 5.02 Å². The van der Waals surface area contributed by atoms with Gasteiger partial charge in [-0.3, -0.25) is 9.59 Å². The molecule has 1 heterocycles. The molecule has 0 aliphatic heterocycles. The molecular formula is C31H36ClN5O5. The van der Waals surface area contributed by atoms with Crippen LogP contribution in [0, 0.1) is 0 Å². The van der Waals surface area contributed by atoms with Crippen LogP contribution in [0.25, 0.3) is 11.0 Å². The zero-order valence-electron chi connectivity index (χ0n) is 24.7. The molecule has 11 heteroatoms. The molecule has 0 bridgehead atoms. The number of amides is 2. The average molecular weight is 594 g/mol. The predicted octanol–water partition coefficient (Wildman–Crippen LogP) is 5.19. The van der Waals surface area contributed by atoms with Gasteiger partial charge >= 0.3 is 0 Å². The quantitative estimate of drug-likeness (QED) is 0.241. The predicted molar refractivity (Wildman–Crippen MR) is 161 cm³/mol. The Balaban J connectivity index is 1.89. The van der Waals surface area contributed by atoms with E-state index in [1.807, 2.05) is 63.2 Å². The van der Waals surface area contributed by atoms with Crippen LogP contribution in [0.4, 0.5) is 0 Å². The molecule has 4 rings (SSSR count). The van der Waals surface area contributed by atoms with E-state index in [1.165, 1.54) is 30.9 Å². The van der Waals surface area contributed by atoms with Crippen LogP contribution in [0.5, 0.6) is 17.2 Å². The number of rotatable bonds is 12. The van der Waals surface area contributed by atoms with Crippen LogP contribution < -0.4 is 19.5 Å². The van der Waals surface area contributed by atoms with Gasteiger partial charge in [0.25, 0.3) is 0 Å². The number of hydrogen-bond acceptors (Lipinski definition) is 7. The topological polar surface area (TPSA) is 108 Å². The highest BCUT2D eigenvalue weighted by molar-refractivity contribution is 6.31. The van der Waals surface area contributed by atoms with Gasteiger partial charge in [-0.25, -0.2) is 4.68 Å². The lowest BCUT2D eigenvalue weighted by Gasteiger charge is -2.35. The van der Waals surface area contributed by atoms with Crippen LogP contribution >= 0.6 is 11.6 Å². The van der Waals surface area contributed by atoms with E-state index in [0.29, 0.717) is 50.9 Å². The Labute approximate surface area is 250 Å². The van der Waals surface area contributed by atoms with E-state index in [-0.39, 0.29) is 24.9 Å².